The maximum Gasteiger partial charge on any atom is 0.263 e. The molecule has 4 aromatic rings. The topological polar surface area (TPSA) is 68.8 Å². The summed E-state index contributed by atoms with van der Waals surface area (Å²) in [5.41, 5.74) is 1.85. The molecule has 32 heavy (non-hydrogen) atoms. The summed E-state index contributed by atoms with van der Waals surface area (Å²) in [6.07, 6.45) is 4.79. The van der Waals surface area contributed by atoms with Gasteiger partial charge in [0.1, 0.15) is 17.5 Å². The van der Waals surface area contributed by atoms with Gasteiger partial charge in [-0.1, -0.05) is 11.6 Å². The van der Waals surface area contributed by atoms with E-state index in [4.69, 9.17) is 16.6 Å². The third-order valence-corrected chi connectivity index (χ3v) is 6.28. The molecule has 1 aromatic carbocycles. The molecule has 0 radical (unpaired) electrons. The first-order chi connectivity index (χ1) is 15.3. The number of nitrogens with zero attached hydrogens (tertiary/aromatic N) is 6. The minimum Gasteiger partial charge on any atom is -0.354 e. The van der Waals surface area contributed by atoms with Crippen molar-refractivity contribution in [3.05, 3.63) is 69.2 Å². The first-order valence-electron chi connectivity index (χ1n) is 10.4. The summed E-state index contributed by atoms with van der Waals surface area (Å²) in [5, 5.41) is 5.02. The standard InChI is InChI=1S/C23H22ClFN6O/c1-13-10-26-31(11-13)16-6-7-30(12-16)20-9-19-21(23(32)29(3)14(2)27-19)22(28-20)17-5-4-15(24)8-18(17)25/h4-5,8-11,16H,6-7,12H2,1-3H3. The predicted molar refractivity (Wildman–Crippen MR) is 123 cm³/mol. The fourth-order valence-electron chi connectivity index (χ4n) is 4.22. The number of pyridine rings is 1. The molecule has 0 aliphatic carbocycles. The fraction of sp³-hybridized carbons (Fsp3) is 0.304. The van der Waals surface area contributed by atoms with E-state index >= 15 is 0 Å². The number of benzene rings is 1. The molecule has 1 atom stereocenters. The van der Waals surface area contributed by atoms with Gasteiger partial charge in [-0.2, -0.15) is 5.10 Å². The third kappa shape index (κ3) is 3.44. The van der Waals surface area contributed by atoms with Crippen molar-refractivity contribution in [3.8, 4) is 11.3 Å². The van der Waals surface area contributed by atoms with E-state index in [1.165, 1.54) is 10.6 Å². The molecule has 7 nitrogen and oxygen atoms in total. The van der Waals surface area contributed by atoms with Crippen LogP contribution in [0.1, 0.15) is 23.9 Å². The highest BCUT2D eigenvalue weighted by Crippen LogP contribution is 2.33. The van der Waals surface area contributed by atoms with Gasteiger partial charge in [-0.25, -0.2) is 14.4 Å². The van der Waals surface area contributed by atoms with Gasteiger partial charge in [-0.15, -0.1) is 0 Å². The average Bonchev–Trinajstić information content (AvgIpc) is 3.40. The Kier molecular flexibility index (Phi) is 4.97. The quantitative estimate of drug-likeness (QED) is 0.469. The highest BCUT2D eigenvalue weighted by atomic mass is 35.5. The van der Waals surface area contributed by atoms with Gasteiger partial charge in [0.2, 0.25) is 0 Å². The zero-order valence-electron chi connectivity index (χ0n) is 18.0. The SMILES string of the molecule is Cc1cnn(C2CCN(c3cc4nc(C)n(C)c(=O)c4c(-c4ccc(Cl)cc4F)n3)C2)c1. The van der Waals surface area contributed by atoms with Crippen molar-refractivity contribution in [2.75, 3.05) is 18.0 Å². The van der Waals surface area contributed by atoms with Gasteiger partial charge in [0, 0.05) is 43.0 Å². The van der Waals surface area contributed by atoms with Gasteiger partial charge in [0.15, 0.2) is 0 Å². The molecular weight excluding hydrogens is 431 g/mol. The molecule has 0 bridgehead atoms. The van der Waals surface area contributed by atoms with Gasteiger partial charge >= 0.3 is 0 Å². The van der Waals surface area contributed by atoms with E-state index in [1.54, 1.807) is 26.1 Å². The smallest absolute Gasteiger partial charge is 0.263 e. The second kappa shape index (κ2) is 7.70. The lowest BCUT2D eigenvalue weighted by Crippen LogP contribution is -2.25. The van der Waals surface area contributed by atoms with E-state index in [9.17, 15) is 9.18 Å². The van der Waals surface area contributed by atoms with Crippen molar-refractivity contribution in [2.45, 2.75) is 26.3 Å². The Morgan fingerprint density at radius 3 is 2.72 bits per heavy atom. The van der Waals surface area contributed by atoms with Crippen molar-refractivity contribution < 1.29 is 4.39 Å². The second-order valence-corrected chi connectivity index (χ2v) is 8.69. The van der Waals surface area contributed by atoms with Gasteiger partial charge < -0.3 is 4.90 Å². The Balaban J connectivity index is 1.66. The predicted octanol–water partition coefficient (Wildman–Crippen LogP) is 4.05. The van der Waals surface area contributed by atoms with E-state index in [-0.39, 0.29) is 27.9 Å². The number of fused-ring (bicyclic) bond motifs is 1. The molecule has 1 aliphatic rings. The van der Waals surface area contributed by atoms with Gasteiger partial charge in [-0.3, -0.25) is 14.0 Å². The molecule has 4 heterocycles. The van der Waals surface area contributed by atoms with Gasteiger partial charge in [-0.05, 0) is 44.0 Å². The number of halogens is 2. The monoisotopic (exact) mass is 452 g/mol. The van der Waals surface area contributed by atoms with Crippen LogP contribution >= 0.6 is 11.6 Å². The maximum atomic E-state index is 14.9. The first kappa shape index (κ1) is 20.6. The summed E-state index contributed by atoms with van der Waals surface area (Å²) in [6, 6.07) is 6.42. The van der Waals surface area contributed by atoms with Crippen LogP contribution in [-0.4, -0.2) is 37.4 Å². The number of hydrogen-bond donors (Lipinski definition) is 0. The lowest BCUT2D eigenvalue weighted by Gasteiger charge is -2.20. The highest BCUT2D eigenvalue weighted by Gasteiger charge is 2.27. The van der Waals surface area contributed by atoms with E-state index in [0.29, 0.717) is 29.1 Å². The lowest BCUT2D eigenvalue weighted by molar-refractivity contribution is 0.494. The van der Waals surface area contributed by atoms with Crippen molar-refractivity contribution in [1.82, 2.24) is 24.3 Å². The zero-order chi connectivity index (χ0) is 22.6. The summed E-state index contributed by atoms with van der Waals surface area (Å²) >= 11 is 5.96. The van der Waals surface area contributed by atoms with Gasteiger partial charge in [0.05, 0.1) is 28.8 Å². The van der Waals surface area contributed by atoms with Crippen LogP contribution < -0.4 is 10.5 Å². The second-order valence-electron chi connectivity index (χ2n) is 8.26. The molecular formula is C23H22ClFN6O. The minimum absolute atomic E-state index is 0.218. The molecule has 5 rings (SSSR count). The van der Waals surface area contributed by atoms with Crippen molar-refractivity contribution in [1.29, 1.82) is 0 Å². The molecule has 0 spiro atoms. The number of rotatable bonds is 3. The van der Waals surface area contributed by atoms with Crippen LogP contribution in [0, 0.1) is 19.7 Å². The maximum absolute atomic E-state index is 14.9. The Hall–Kier alpha value is -3.26. The van der Waals surface area contributed by atoms with Crippen LogP contribution in [0.3, 0.4) is 0 Å². The summed E-state index contributed by atoms with van der Waals surface area (Å²) < 4.78 is 18.3. The van der Waals surface area contributed by atoms with Crippen molar-refractivity contribution in [2.24, 2.45) is 7.05 Å². The number of aryl methyl sites for hydroxylation is 2. The van der Waals surface area contributed by atoms with Crippen LogP contribution in [0.15, 0.2) is 41.5 Å². The van der Waals surface area contributed by atoms with Crippen LogP contribution in [0.5, 0.6) is 0 Å². The van der Waals surface area contributed by atoms with Crippen LogP contribution in [-0.2, 0) is 7.05 Å². The first-order valence-corrected chi connectivity index (χ1v) is 10.8. The molecule has 0 amide bonds. The summed E-state index contributed by atoms with van der Waals surface area (Å²) in [6.45, 7) is 5.28. The molecule has 0 N–H and O–H groups in total. The van der Waals surface area contributed by atoms with Crippen molar-refractivity contribution >= 4 is 28.3 Å². The summed E-state index contributed by atoms with van der Waals surface area (Å²) in [4.78, 5) is 24.6. The average molecular weight is 453 g/mol. The van der Waals surface area contributed by atoms with E-state index in [0.717, 1.165) is 18.5 Å². The lowest BCUT2D eigenvalue weighted by atomic mass is 10.1. The molecule has 1 unspecified atom stereocenters. The molecule has 3 aromatic heterocycles. The van der Waals surface area contributed by atoms with E-state index in [2.05, 4.69) is 15.0 Å². The largest absolute Gasteiger partial charge is 0.354 e. The molecule has 9 heteroatoms. The Labute approximate surface area is 189 Å². The van der Waals surface area contributed by atoms with Crippen LogP contribution in [0.25, 0.3) is 22.2 Å². The Morgan fingerprint density at radius 2 is 2.00 bits per heavy atom. The molecule has 1 fully saturated rings. The van der Waals surface area contributed by atoms with Crippen molar-refractivity contribution in [3.63, 3.8) is 0 Å². The molecule has 1 aliphatic heterocycles. The van der Waals surface area contributed by atoms with E-state index in [1.807, 2.05) is 30.1 Å². The van der Waals surface area contributed by atoms with Gasteiger partial charge in [0.25, 0.3) is 5.56 Å². The number of aromatic nitrogens is 5. The minimum atomic E-state index is -0.530. The molecule has 1 saturated heterocycles. The van der Waals surface area contributed by atoms with Crippen LogP contribution in [0.2, 0.25) is 5.02 Å². The zero-order valence-corrected chi connectivity index (χ0v) is 18.8. The molecule has 164 valence electrons. The fourth-order valence-corrected chi connectivity index (χ4v) is 4.38. The summed E-state index contributed by atoms with van der Waals surface area (Å²) in [5.74, 6) is 0.708. The van der Waals surface area contributed by atoms with E-state index < -0.39 is 5.82 Å². The normalized spacial score (nSPS) is 16.3. The number of anilines is 1. The molecule has 0 saturated carbocycles. The Morgan fingerprint density at radius 1 is 1.19 bits per heavy atom. The highest BCUT2D eigenvalue weighted by molar-refractivity contribution is 6.30. The third-order valence-electron chi connectivity index (χ3n) is 6.05. The number of hydrogen-bond acceptors (Lipinski definition) is 5. The van der Waals surface area contributed by atoms with Crippen LogP contribution in [0.4, 0.5) is 10.2 Å². The Bertz CT molecular complexity index is 1410. The summed E-state index contributed by atoms with van der Waals surface area (Å²) in [7, 11) is 1.65.